The van der Waals surface area contributed by atoms with Crippen LogP contribution in [0.15, 0.2) is 30.3 Å². The van der Waals surface area contributed by atoms with E-state index in [-0.39, 0.29) is 41.9 Å². The number of carboxylic acid groups (broad SMARTS) is 1. The number of amides is 3. The van der Waals surface area contributed by atoms with Crippen molar-refractivity contribution < 1.29 is 24.3 Å². The molecule has 5 N–H and O–H groups in total. The Morgan fingerprint density at radius 2 is 1.88 bits per heavy atom. The zero-order chi connectivity index (χ0) is 22.9. The first-order chi connectivity index (χ1) is 14.5. The van der Waals surface area contributed by atoms with E-state index in [2.05, 4.69) is 16.0 Å². The van der Waals surface area contributed by atoms with Crippen molar-refractivity contribution in [2.24, 2.45) is 0 Å². The van der Waals surface area contributed by atoms with Gasteiger partial charge in [-0.1, -0.05) is 30.3 Å². The molecular formula is C20H26N5NaO5S. The second-order valence-electron chi connectivity index (χ2n) is 7.97. The van der Waals surface area contributed by atoms with Gasteiger partial charge >= 0.3 is 35.5 Å². The van der Waals surface area contributed by atoms with Gasteiger partial charge in [0.05, 0.1) is 12.4 Å². The molecule has 2 aliphatic rings. The zero-order valence-electron chi connectivity index (χ0n) is 17.3. The molecule has 4 atom stereocenters. The summed E-state index contributed by atoms with van der Waals surface area (Å²) in [6.45, 7) is 4.83. The van der Waals surface area contributed by atoms with Gasteiger partial charge in [0.15, 0.2) is 0 Å². The molecular weight excluding hydrogens is 445 g/mol. The topological polar surface area (TPSA) is 152 Å². The van der Waals surface area contributed by atoms with Crippen molar-refractivity contribution in [3.05, 3.63) is 35.9 Å². The predicted octanol–water partition coefficient (Wildman–Crippen LogP) is -0.586. The fourth-order valence-corrected chi connectivity index (χ4v) is 5.38. The first-order valence-corrected chi connectivity index (χ1v) is 10.6. The number of hydrogen-bond donors (Lipinski definition) is 5. The van der Waals surface area contributed by atoms with E-state index in [0.29, 0.717) is 5.56 Å². The van der Waals surface area contributed by atoms with E-state index in [1.165, 1.54) is 23.6 Å². The molecule has 0 spiro atoms. The first-order valence-electron chi connectivity index (χ1n) is 9.69. The zero-order valence-corrected chi connectivity index (χ0v) is 18.2. The van der Waals surface area contributed by atoms with Crippen molar-refractivity contribution in [3.8, 4) is 0 Å². The SMILES string of the molecule is CC(=N)NCC(=O)NC(C(=O)NC1C(=O)N2[C@@H]1SC(C)(C)[C@@H]2C(=O)O)c1ccccc1.[NaH]. The molecule has 0 bridgehead atoms. The van der Waals surface area contributed by atoms with Gasteiger partial charge in [-0.2, -0.15) is 0 Å². The van der Waals surface area contributed by atoms with Crippen LogP contribution in [0.1, 0.15) is 32.4 Å². The van der Waals surface area contributed by atoms with E-state index in [1.54, 1.807) is 44.2 Å². The summed E-state index contributed by atoms with van der Waals surface area (Å²) in [4.78, 5) is 50.9. The Labute approximate surface area is 212 Å². The molecule has 0 saturated carbocycles. The molecule has 0 aliphatic carbocycles. The van der Waals surface area contributed by atoms with Gasteiger partial charge in [0.2, 0.25) is 17.7 Å². The number of hydrogen-bond acceptors (Lipinski definition) is 6. The third-order valence-corrected chi connectivity index (χ3v) is 6.76. The normalized spacial score (nSPS) is 23.7. The molecule has 3 rings (SSSR count). The molecule has 1 aromatic carbocycles. The molecule has 2 aliphatic heterocycles. The van der Waals surface area contributed by atoms with Crippen molar-refractivity contribution in [2.75, 3.05) is 6.54 Å². The van der Waals surface area contributed by atoms with Crippen molar-refractivity contribution in [2.45, 2.75) is 49.0 Å². The van der Waals surface area contributed by atoms with E-state index in [4.69, 9.17) is 5.41 Å². The number of nitrogens with one attached hydrogen (secondary N) is 4. The quantitative estimate of drug-likeness (QED) is 0.154. The van der Waals surface area contributed by atoms with Crippen molar-refractivity contribution in [1.82, 2.24) is 20.9 Å². The second kappa shape index (κ2) is 10.2. The number of carboxylic acids is 1. The Hall–Kier alpha value is -2.08. The summed E-state index contributed by atoms with van der Waals surface area (Å²) in [6.07, 6.45) is 0. The van der Waals surface area contributed by atoms with Crippen molar-refractivity contribution in [3.63, 3.8) is 0 Å². The van der Waals surface area contributed by atoms with Crippen LogP contribution in [-0.2, 0) is 19.2 Å². The van der Waals surface area contributed by atoms with E-state index in [9.17, 15) is 24.3 Å². The van der Waals surface area contributed by atoms with Crippen LogP contribution >= 0.6 is 11.8 Å². The number of rotatable bonds is 7. The second-order valence-corrected chi connectivity index (χ2v) is 9.75. The summed E-state index contributed by atoms with van der Waals surface area (Å²) in [6, 6.07) is 5.71. The van der Waals surface area contributed by atoms with Crippen LogP contribution < -0.4 is 16.0 Å². The molecule has 12 heteroatoms. The Morgan fingerprint density at radius 3 is 2.44 bits per heavy atom. The number of β-lactam (4-membered cyclic amide) rings is 1. The minimum absolute atomic E-state index is 0. The molecule has 10 nitrogen and oxygen atoms in total. The molecule has 2 fully saturated rings. The third-order valence-electron chi connectivity index (χ3n) is 5.19. The van der Waals surface area contributed by atoms with Gasteiger partial charge in [0, 0.05) is 4.75 Å². The molecule has 0 aromatic heterocycles. The van der Waals surface area contributed by atoms with Crippen LogP contribution in [0.25, 0.3) is 0 Å². The van der Waals surface area contributed by atoms with Gasteiger partial charge in [-0.3, -0.25) is 19.8 Å². The van der Waals surface area contributed by atoms with Gasteiger partial charge in [0.1, 0.15) is 23.5 Å². The van der Waals surface area contributed by atoms with E-state index >= 15 is 0 Å². The van der Waals surface area contributed by atoms with E-state index in [0.717, 1.165) is 0 Å². The van der Waals surface area contributed by atoms with Gasteiger partial charge in [0.25, 0.3) is 0 Å². The Bertz CT molecular complexity index is 928. The number of thioether (sulfide) groups is 1. The average molecular weight is 472 g/mol. The minimum atomic E-state index is -1.08. The molecule has 32 heavy (non-hydrogen) atoms. The fraction of sp³-hybridized carbons (Fsp3) is 0.450. The van der Waals surface area contributed by atoms with E-state index in [1.807, 2.05) is 0 Å². The summed E-state index contributed by atoms with van der Waals surface area (Å²) in [7, 11) is 0. The molecule has 3 amide bonds. The van der Waals surface area contributed by atoms with Crippen LogP contribution in [0.5, 0.6) is 0 Å². The fourth-order valence-electron chi connectivity index (χ4n) is 3.75. The Kier molecular flexibility index (Phi) is 8.38. The predicted molar refractivity (Wildman–Crippen MR) is 122 cm³/mol. The third kappa shape index (κ3) is 5.28. The summed E-state index contributed by atoms with van der Waals surface area (Å²) in [5, 5.41) is 24.3. The Morgan fingerprint density at radius 1 is 1.25 bits per heavy atom. The molecule has 2 saturated heterocycles. The molecule has 168 valence electrons. The summed E-state index contributed by atoms with van der Waals surface area (Å²) in [5.74, 6) is -2.48. The number of nitrogens with zero attached hydrogens (tertiary/aromatic N) is 1. The van der Waals surface area contributed by atoms with Crippen LogP contribution in [0.3, 0.4) is 0 Å². The number of fused-ring (bicyclic) bond motifs is 1. The molecule has 0 radical (unpaired) electrons. The number of carbonyl (C=O) groups is 4. The number of benzene rings is 1. The van der Waals surface area contributed by atoms with Crippen LogP contribution in [0, 0.1) is 5.41 Å². The monoisotopic (exact) mass is 471 g/mol. The van der Waals surface area contributed by atoms with Gasteiger partial charge in [-0.15, -0.1) is 11.8 Å². The van der Waals surface area contributed by atoms with Gasteiger partial charge < -0.3 is 26.0 Å². The molecule has 1 aromatic rings. The maximum absolute atomic E-state index is 13.0. The molecule has 2 heterocycles. The first kappa shape index (κ1) is 26.2. The number of amidine groups is 1. The number of aliphatic carboxylic acids is 1. The van der Waals surface area contributed by atoms with Crippen molar-refractivity contribution in [1.29, 1.82) is 5.41 Å². The maximum atomic E-state index is 13.0. The van der Waals surface area contributed by atoms with Gasteiger partial charge in [-0.25, -0.2) is 4.79 Å². The van der Waals surface area contributed by atoms with Crippen LogP contribution in [0.4, 0.5) is 0 Å². The summed E-state index contributed by atoms with van der Waals surface area (Å²) in [5.41, 5.74) is 0.534. The number of carbonyl (C=O) groups excluding carboxylic acids is 3. The van der Waals surface area contributed by atoms with Crippen LogP contribution in [-0.4, -0.2) is 97.8 Å². The average Bonchev–Trinajstić information content (AvgIpc) is 2.97. The van der Waals surface area contributed by atoms with Crippen LogP contribution in [0.2, 0.25) is 0 Å². The van der Waals surface area contributed by atoms with Crippen molar-refractivity contribution >= 4 is 70.8 Å². The standard InChI is InChI=1S/C20H25N5O5S.Na.H/c1-10(21)22-9-12(26)23-13(11-7-5-4-6-8-11)16(27)24-14-17(28)25-15(19(29)30)20(2,3)31-18(14)25;;/h4-8,13-15,18H,9H2,1-3H3,(H2,21,22)(H,23,26)(H,24,27)(H,29,30);;/t13?,14?,15-,18+;;/m0../s1. The summed E-state index contributed by atoms with van der Waals surface area (Å²) < 4.78 is -0.699. The Balaban J connectivity index is 0.00000363. The summed E-state index contributed by atoms with van der Waals surface area (Å²) >= 11 is 1.33. The van der Waals surface area contributed by atoms with E-state index < -0.39 is 51.9 Å². The molecule has 2 unspecified atom stereocenters. The van der Waals surface area contributed by atoms with Gasteiger partial charge in [-0.05, 0) is 26.3 Å².